The van der Waals surface area contributed by atoms with Crippen LogP contribution in [0.1, 0.15) is 33.1 Å². The maximum atomic E-state index is 12.3. The predicted octanol–water partition coefficient (Wildman–Crippen LogP) is 1.67. The smallest absolute Gasteiger partial charge is 0.195 e. The van der Waals surface area contributed by atoms with Gasteiger partial charge in [0.15, 0.2) is 0 Å². The molecule has 1 saturated heterocycles. The number of alkyl halides is 1. The number of nitrogens with zero attached hydrogens (tertiary/aromatic N) is 2. The van der Waals surface area contributed by atoms with Crippen LogP contribution in [0.25, 0.3) is 0 Å². The van der Waals surface area contributed by atoms with Crippen LogP contribution in [-0.4, -0.2) is 48.6 Å². The van der Waals surface area contributed by atoms with Crippen molar-refractivity contribution in [1.82, 2.24) is 8.61 Å². The maximum absolute atomic E-state index is 12.3. The van der Waals surface area contributed by atoms with Crippen LogP contribution in [0.2, 0.25) is 0 Å². The predicted molar refractivity (Wildman–Crippen MR) is 66.9 cm³/mol. The fraction of sp³-hybridized carbons (Fsp3) is 1.00. The third-order valence-electron chi connectivity index (χ3n) is 3.05. The first-order valence-corrected chi connectivity index (χ1v) is 7.80. The van der Waals surface area contributed by atoms with Gasteiger partial charge in [0.1, 0.15) is 0 Å². The summed E-state index contributed by atoms with van der Waals surface area (Å²) in [7, 11) is -3.30. The van der Waals surface area contributed by atoms with E-state index in [1.807, 2.05) is 13.8 Å². The minimum absolute atomic E-state index is 0.114. The van der Waals surface area contributed by atoms with Crippen LogP contribution in [0, 0.1) is 0 Å². The molecule has 0 aromatic rings. The molecule has 96 valence electrons. The van der Waals surface area contributed by atoms with Gasteiger partial charge < -0.3 is 0 Å². The van der Waals surface area contributed by atoms with E-state index in [1.165, 1.54) is 4.31 Å². The summed E-state index contributed by atoms with van der Waals surface area (Å²) >= 11 is 5.63. The minimum Gasteiger partial charge on any atom is -0.195 e. The number of hydrogen-bond acceptors (Lipinski definition) is 2. The van der Waals surface area contributed by atoms with Gasteiger partial charge >= 0.3 is 0 Å². The van der Waals surface area contributed by atoms with Gasteiger partial charge in [-0.2, -0.15) is 17.0 Å². The zero-order valence-electron chi connectivity index (χ0n) is 10.0. The Morgan fingerprint density at radius 3 is 2.62 bits per heavy atom. The zero-order chi connectivity index (χ0) is 12.2. The van der Waals surface area contributed by atoms with Crippen LogP contribution in [0.3, 0.4) is 0 Å². The quantitative estimate of drug-likeness (QED) is 0.712. The fourth-order valence-corrected chi connectivity index (χ4v) is 4.26. The second kappa shape index (κ2) is 6.19. The largest absolute Gasteiger partial charge is 0.282 e. The van der Waals surface area contributed by atoms with E-state index in [0.29, 0.717) is 25.5 Å². The Balaban J connectivity index is 2.81. The highest BCUT2D eigenvalue weighted by atomic mass is 35.5. The average molecular weight is 269 g/mol. The van der Waals surface area contributed by atoms with Gasteiger partial charge in [-0.05, 0) is 19.8 Å². The van der Waals surface area contributed by atoms with Gasteiger partial charge in [-0.3, -0.25) is 0 Å². The first-order chi connectivity index (χ1) is 7.54. The average Bonchev–Trinajstić information content (AvgIpc) is 2.26. The van der Waals surface area contributed by atoms with E-state index in [9.17, 15) is 8.42 Å². The molecule has 0 bridgehead atoms. The molecule has 0 amide bonds. The van der Waals surface area contributed by atoms with Gasteiger partial charge in [0, 0.05) is 31.6 Å². The Labute approximate surface area is 104 Å². The molecule has 16 heavy (non-hydrogen) atoms. The van der Waals surface area contributed by atoms with Gasteiger partial charge in [-0.25, -0.2) is 0 Å². The molecule has 0 spiro atoms. The van der Waals surface area contributed by atoms with Crippen molar-refractivity contribution in [3.8, 4) is 0 Å². The Bertz CT molecular complexity index is 308. The molecule has 4 nitrogen and oxygen atoms in total. The van der Waals surface area contributed by atoms with Crippen LogP contribution in [0.4, 0.5) is 0 Å². The third kappa shape index (κ3) is 3.09. The normalized spacial score (nSPS) is 23.9. The lowest BCUT2D eigenvalue weighted by molar-refractivity contribution is 0.247. The van der Waals surface area contributed by atoms with E-state index in [0.717, 1.165) is 19.3 Å². The molecule has 1 heterocycles. The highest BCUT2D eigenvalue weighted by molar-refractivity contribution is 7.86. The summed E-state index contributed by atoms with van der Waals surface area (Å²) < 4.78 is 27.7. The van der Waals surface area contributed by atoms with Crippen molar-refractivity contribution in [2.75, 3.05) is 25.5 Å². The zero-order valence-corrected chi connectivity index (χ0v) is 11.6. The van der Waals surface area contributed by atoms with E-state index >= 15 is 0 Å². The summed E-state index contributed by atoms with van der Waals surface area (Å²) in [5, 5.41) is 0. The lowest BCUT2D eigenvalue weighted by Crippen LogP contribution is -2.50. The number of piperidine rings is 1. The molecule has 1 aliphatic rings. The van der Waals surface area contributed by atoms with E-state index in [2.05, 4.69) is 0 Å². The summed E-state index contributed by atoms with van der Waals surface area (Å²) in [5.41, 5.74) is 0. The summed E-state index contributed by atoms with van der Waals surface area (Å²) in [6.07, 6.45) is 3.04. The van der Waals surface area contributed by atoms with Crippen LogP contribution in [0.15, 0.2) is 0 Å². The monoisotopic (exact) mass is 268 g/mol. The molecular formula is C10H21ClN2O2S. The molecule has 0 aromatic carbocycles. The second-order valence-electron chi connectivity index (χ2n) is 4.14. The molecule has 0 N–H and O–H groups in total. The van der Waals surface area contributed by atoms with Crippen molar-refractivity contribution in [2.45, 2.75) is 39.2 Å². The SMILES string of the molecule is CCN(CCCl)S(=O)(=O)N1CCCCC1C. The molecule has 0 radical (unpaired) electrons. The van der Waals surface area contributed by atoms with Crippen molar-refractivity contribution < 1.29 is 8.42 Å². The Morgan fingerprint density at radius 2 is 2.12 bits per heavy atom. The summed E-state index contributed by atoms with van der Waals surface area (Å²) in [6, 6.07) is 0.114. The fourth-order valence-electron chi connectivity index (χ4n) is 2.09. The molecular weight excluding hydrogens is 248 g/mol. The van der Waals surface area contributed by atoms with Crippen molar-refractivity contribution in [3.05, 3.63) is 0 Å². The van der Waals surface area contributed by atoms with Crippen LogP contribution in [-0.2, 0) is 10.2 Å². The van der Waals surface area contributed by atoms with Crippen molar-refractivity contribution in [2.24, 2.45) is 0 Å². The molecule has 1 fully saturated rings. The van der Waals surface area contributed by atoms with Gasteiger partial charge in [-0.15, -0.1) is 11.6 Å². The summed E-state index contributed by atoms with van der Waals surface area (Å²) in [4.78, 5) is 0. The van der Waals surface area contributed by atoms with Gasteiger partial charge in [0.25, 0.3) is 10.2 Å². The first kappa shape index (κ1) is 14.2. The summed E-state index contributed by atoms with van der Waals surface area (Å²) in [5.74, 6) is 0.343. The highest BCUT2D eigenvalue weighted by Gasteiger charge is 2.33. The van der Waals surface area contributed by atoms with E-state index in [1.54, 1.807) is 4.31 Å². The first-order valence-electron chi connectivity index (χ1n) is 5.87. The molecule has 1 aliphatic heterocycles. The van der Waals surface area contributed by atoms with Gasteiger partial charge in [0.05, 0.1) is 0 Å². The number of rotatable bonds is 5. The Kier molecular flexibility index (Phi) is 5.50. The van der Waals surface area contributed by atoms with Crippen LogP contribution < -0.4 is 0 Å². The second-order valence-corrected chi connectivity index (χ2v) is 6.40. The topological polar surface area (TPSA) is 40.6 Å². The molecule has 0 saturated carbocycles. The van der Waals surface area contributed by atoms with E-state index in [-0.39, 0.29) is 6.04 Å². The Morgan fingerprint density at radius 1 is 1.44 bits per heavy atom. The molecule has 0 aromatic heterocycles. The molecule has 1 rings (SSSR count). The highest BCUT2D eigenvalue weighted by Crippen LogP contribution is 2.22. The minimum atomic E-state index is -3.30. The Hall–Kier alpha value is 0.160. The number of hydrogen-bond donors (Lipinski definition) is 0. The lowest BCUT2D eigenvalue weighted by atomic mass is 10.1. The van der Waals surface area contributed by atoms with E-state index < -0.39 is 10.2 Å². The van der Waals surface area contributed by atoms with Crippen LogP contribution in [0.5, 0.6) is 0 Å². The molecule has 1 unspecified atom stereocenters. The standard InChI is InChI=1S/C10H21ClN2O2S/c1-3-12(9-7-11)16(14,15)13-8-5-4-6-10(13)2/h10H,3-9H2,1-2H3. The van der Waals surface area contributed by atoms with Crippen molar-refractivity contribution in [1.29, 1.82) is 0 Å². The van der Waals surface area contributed by atoms with Crippen LogP contribution >= 0.6 is 11.6 Å². The molecule has 0 aliphatic carbocycles. The number of halogens is 1. The lowest BCUT2D eigenvalue weighted by Gasteiger charge is -2.35. The van der Waals surface area contributed by atoms with Crippen molar-refractivity contribution >= 4 is 21.8 Å². The van der Waals surface area contributed by atoms with Gasteiger partial charge in [-0.1, -0.05) is 13.3 Å². The summed E-state index contributed by atoms with van der Waals surface area (Å²) in [6.45, 7) is 5.34. The maximum Gasteiger partial charge on any atom is 0.282 e. The molecule has 6 heteroatoms. The van der Waals surface area contributed by atoms with Crippen molar-refractivity contribution in [3.63, 3.8) is 0 Å². The molecule has 1 atom stereocenters. The van der Waals surface area contributed by atoms with Gasteiger partial charge in [0.2, 0.25) is 0 Å². The third-order valence-corrected chi connectivity index (χ3v) is 5.45. The van der Waals surface area contributed by atoms with E-state index in [4.69, 9.17) is 11.6 Å².